The quantitative estimate of drug-likeness (QED) is 0.719. The van der Waals surface area contributed by atoms with Crippen LogP contribution in [0.3, 0.4) is 0 Å². The molecule has 1 fully saturated rings. The molecule has 1 aromatic rings. The monoisotopic (exact) mass is 325 g/mol. The molecule has 0 spiro atoms. The molecule has 6 heteroatoms. The van der Waals surface area contributed by atoms with E-state index in [1.165, 1.54) is 12.8 Å². The lowest BCUT2D eigenvalue weighted by atomic mass is 10.2. The highest BCUT2D eigenvalue weighted by Gasteiger charge is 2.20. The first-order valence-electron chi connectivity index (χ1n) is 7.46. The molecule has 0 saturated heterocycles. The summed E-state index contributed by atoms with van der Waals surface area (Å²) in [6, 6.07) is 7.02. The van der Waals surface area contributed by atoms with E-state index in [4.69, 9.17) is 0 Å². The van der Waals surface area contributed by atoms with Gasteiger partial charge in [0.1, 0.15) is 0 Å². The number of amides is 2. The highest BCUT2D eigenvalue weighted by atomic mass is 35.5. The van der Waals surface area contributed by atoms with Gasteiger partial charge in [0, 0.05) is 17.3 Å². The first-order chi connectivity index (χ1) is 10.0. The fraction of sp³-hybridized carbons (Fsp3) is 0.500. The van der Waals surface area contributed by atoms with E-state index in [2.05, 4.69) is 16.0 Å². The second-order valence-electron chi connectivity index (χ2n) is 5.83. The summed E-state index contributed by atoms with van der Waals surface area (Å²) in [5.41, 5.74) is 1.29. The average Bonchev–Trinajstić information content (AvgIpc) is 3.23. The summed E-state index contributed by atoms with van der Waals surface area (Å²) in [7, 11) is 0. The minimum atomic E-state index is -0.103. The molecule has 1 aromatic carbocycles. The Morgan fingerprint density at radius 3 is 2.36 bits per heavy atom. The number of carbonyl (C=O) groups is 2. The Hall–Kier alpha value is -1.59. The Morgan fingerprint density at radius 1 is 1.18 bits per heavy atom. The predicted molar refractivity (Wildman–Crippen MR) is 90.5 cm³/mol. The molecular formula is C16H24ClN3O2. The van der Waals surface area contributed by atoms with Crippen molar-refractivity contribution in [2.75, 3.05) is 18.4 Å². The van der Waals surface area contributed by atoms with Crippen molar-refractivity contribution in [1.82, 2.24) is 10.6 Å². The molecule has 5 nitrogen and oxygen atoms in total. The molecule has 0 unspecified atom stereocenters. The van der Waals surface area contributed by atoms with Crippen molar-refractivity contribution < 1.29 is 9.59 Å². The summed E-state index contributed by atoms with van der Waals surface area (Å²) >= 11 is 0. The second kappa shape index (κ2) is 8.76. The lowest BCUT2D eigenvalue weighted by molar-refractivity contribution is -0.115. The van der Waals surface area contributed by atoms with Crippen molar-refractivity contribution >= 4 is 29.9 Å². The molecule has 0 aromatic heterocycles. The van der Waals surface area contributed by atoms with E-state index in [9.17, 15) is 9.59 Å². The van der Waals surface area contributed by atoms with E-state index in [0.29, 0.717) is 17.8 Å². The third-order valence-corrected chi connectivity index (χ3v) is 3.27. The fourth-order valence-electron chi connectivity index (χ4n) is 1.97. The third kappa shape index (κ3) is 6.45. The molecule has 122 valence electrons. The van der Waals surface area contributed by atoms with E-state index in [0.717, 1.165) is 12.5 Å². The molecule has 0 aliphatic heterocycles. The van der Waals surface area contributed by atoms with Gasteiger partial charge >= 0.3 is 0 Å². The van der Waals surface area contributed by atoms with Crippen molar-refractivity contribution in [1.29, 1.82) is 0 Å². The second-order valence-corrected chi connectivity index (χ2v) is 5.83. The summed E-state index contributed by atoms with van der Waals surface area (Å²) in [5, 5.41) is 8.78. The van der Waals surface area contributed by atoms with Crippen LogP contribution in [0.15, 0.2) is 24.3 Å². The molecule has 2 amide bonds. The molecule has 0 atom stereocenters. The first kappa shape index (κ1) is 18.5. The maximum Gasteiger partial charge on any atom is 0.251 e. The molecule has 0 heterocycles. The first-order valence-corrected chi connectivity index (χ1v) is 7.46. The van der Waals surface area contributed by atoms with Gasteiger partial charge in [-0.3, -0.25) is 9.59 Å². The molecule has 0 bridgehead atoms. The van der Waals surface area contributed by atoms with Crippen LogP contribution in [0.4, 0.5) is 5.69 Å². The maximum absolute atomic E-state index is 11.8. The van der Waals surface area contributed by atoms with Crippen LogP contribution < -0.4 is 16.0 Å². The van der Waals surface area contributed by atoms with Crippen molar-refractivity contribution in [2.45, 2.75) is 32.7 Å². The largest absolute Gasteiger partial charge is 0.350 e. The maximum atomic E-state index is 11.8. The van der Waals surface area contributed by atoms with Crippen LogP contribution in [0.1, 0.15) is 37.0 Å². The topological polar surface area (TPSA) is 70.2 Å². The van der Waals surface area contributed by atoms with Crippen molar-refractivity contribution in [3.63, 3.8) is 0 Å². The molecule has 2 rings (SSSR count). The Balaban J connectivity index is 0.00000242. The van der Waals surface area contributed by atoms with E-state index >= 15 is 0 Å². The highest BCUT2D eigenvalue weighted by Crippen LogP contribution is 2.27. The predicted octanol–water partition coefficient (Wildman–Crippen LogP) is 2.18. The number of rotatable bonds is 7. The van der Waals surface area contributed by atoms with Gasteiger partial charge in [0.25, 0.3) is 5.91 Å². The summed E-state index contributed by atoms with van der Waals surface area (Å²) in [5.74, 6) is 0.598. The van der Waals surface area contributed by atoms with E-state index in [1.54, 1.807) is 24.3 Å². The number of anilines is 1. The van der Waals surface area contributed by atoms with Crippen LogP contribution in [0, 0.1) is 5.92 Å². The number of nitrogens with one attached hydrogen (secondary N) is 3. The van der Waals surface area contributed by atoms with Crippen molar-refractivity contribution in [3.8, 4) is 0 Å². The van der Waals surface area contributed by atoms with Crippen LogP contribution in [0.25, 0.3) is 0 Å². The van der Waals surface area contributed by atoms with Crippen molar-refractivity contribution in [2.24, 2.45) is 5.92 Å². The van der Waals surface area contributed by atoms with Gasteiger partial charge in [0.2, 0.25) is 5.91 Å². The van der Waals surface area contributed by atoms with E-state index in [-0.39, 0.29) is 30.3 Å². The normalized spacial score (nSPS) is 13.4. The minimum Gasteiger partial charge on any atom is -0.350 e. The van der Waals surface area contributed by atoms with Crippen LogP contribution in [0.5, 0.6) is 0 Å². The smallest absolute Gasteiger partial charge is 0.251 e. The number of halogens is 1. The zero-order chi connectivity index (χ0) is 15.2. The van der Waals surface area contributed by atoms with Gasteiger partial charge < -0.3 is 16.0 Å². The third-order valence-electron chi connectivity index (χ3n) is 3.27. The van der Waals surface area contributed by atoms with Crippen LogP contribution in [-0.2, 0) is 4.79 Å². The fourth-order valence-corrected chi connectivity index (χ4v) is 1.97. The lowest BCUT2D eigenvalue weighted by Crippen LogP contribution is -2.30. The van der Waals surface area contributed by atoms with Crippen LogP contribution >= 0.6 is 12.4 Å². The summed E-state index contributed by atoms with van der Waals surface area (Å²) in [6.45, 7) is 5.08. The standard InChI is InChI=1S/C16H23N3O2.ClH/c1-11(2)18-16(21)13-5-7-14(8-6-13)19-15(20)10-17-9-12-3-4-12;/h5-8,11-12,17H,3-4,9-10H2,1-2H3,(H,18,21)(H,19,20);1H. The van der Waals surface area contributed by atoms with Crippen LogP contribution in [-0.4, -0.2) is 30.9 Å². The summed E-state index contributed by atoms with van der Waals surface area (Å²) < 4.78 is 0. The van der Waals surface area contributed by atoms with Gasteiger partial charge in [0.15, 0.2) is 0 Å². The Bertz CT molecular complexity index is 499. The molecule has 22 heavy (non-hydrogen) atoms. The Labute approximate surface area is 137 Å². The molecule has 1 saturated carbocycles. The van der Waals surface area contributed by atoms with Gasteiger partial charge in [-0.1, -0.05) is 0 Å². The number of carbonyl (C=O) groups excluding carboxylic acids is 2. The van der Waals surface area contributed by atoms with E-state index < -0.39 is 0 Å². The summed E-state index contributed by atoms with van der Waals surface area (Å²) in [6.07, 6.45) is 2.54. The SMILES string of the molecule is CC(C)NC(=O)c1ccc(NC(=O)CNCC2CC2)cc1.Cl. The molecule has 1 aliphatic carbocycles. The Morgan fingerprint density at radius 2 is 1.82 bits per heavy atom. The number of hydrogen-bond acceptors (Lipinski definition) is 3. The minimum absolute atomic E-state index is 0. The van der Waals surface area contributed by atoms with Crippen molar-refractivity contribution in [3.05, 3.63) is 29.8 Å². The lowest BCUT2D eigenvalue weighted by Gasteiger charge is -2.09. The number of hydrogen-bond donors (Lipinski definition) is 3. The van der Waals surface area contributed by atoms with Gasteiger partial charge in [-0.2, -0.15) is 0 Å². The zero-order valence-corrected chi connectivity index (χ0v) is 13.8. The molecule has 3 N–H and O–H groups in total. The average molecular weight is 326 g/mol. The Kier molecular flexibility index (Phi) is 7.35. The van der Waals surface area contributed by atoms with E-state index in [1.807, 2.05) is 13.8 Å². The van der Waals surface area contributed by atoms with Gasteiger partial charge in [-0.05, 0) is 63.4 Å². The number of benzene rings is 1. The summed E-state index contributed by atoms with van der Waals surface area (Å²) in [4.78, 5) is 23.5. The molecule has 1 aliphatic rings. The van der Waals surface area contributed by atoms with Gasteiger partial charge in [0.05, 0.1) is 6.54 Å². The van der Waals surface area contributed by atoms with Crippen LogP contribution in [0.2, 0.25) is 0 Å². The van der Waals surface area contributed by atoms with Gasteiger partial charge in [-0.15, -0.1) is 12.4 Å². The highest BCUT2D eigenvalue weighted by molar-refractivity contribution is 5.96. The zero-order valence-electron chi connectivity index (χ0n) is 13.0. The van der Waals surface area contributed by atoms with Gasteiger partial charge in [-0.25, -0.2) is 0 Å². The molecular weight excluding hydrogens is 302 g/mol. The molecule has 0 radical (unpaired) electrons.